The largest absolute Gasteiger partial charge is 0.329 e. The van der Waals surface area contributed by atoms with Gasteiger partial charge in [-0.05, 0) is 31.5 Å². The Bertz CT molecular complexity index is 1190. The lowest BCUT2D eigenvalue weighted by Gasteiger charge is -2.05. The Kier molecular flexibility index (Phi) is 4.74. The Morgan fingerprint density at radius 3 is 2.36 bits per heavy atom. The number of benzene rings is 2. The molecule has 5 nitrogen and oxygen atoms in total. The molecule has 2 aromatic carbocycles. The summed E-state index contributed by atoms with van der Waals surface area (Å²) in [5.41, 5.74) is 6.08. The fraction of sp³-hybridized carbons (Fsp3) is 0.217. The highest BCUT2D eigenvalue weighted by Crippen LogP contribution is 2.32. The van der Waals surface area contributed by atoms with Crippen LogP contribution in [-0.4, -0.2) is 18.9 Å². The normalized spacial score (nSPS) is 11.2. The second-order valence-corrected chi connectivity index (χ2v) is 6.74. The van der Waals surface area contributed by atoms with Crippen molar-refractivity contribution in [1.82, 2.24) is 18.9 Å². The Morgan fingerprint density at radius 1 is 0.964 bits per heavy atom. The van der Waals surface area contributed by atoms with E-state index in [4.69, 9.17) is 5.10 Å². The van der Waals surface area contributed by atoms with Crippen molar-refractivity contribution < 1.29 is 0 Å². The molecular formula is C23H24N4O. The molecule has 142 valence electrons. The lowest BCUT2D eigenvalue weighted by atomic mass is 10.0. The molecule has 0 aliphatic carbocycles. The van der Waals surface area contributed by atoms with Crippen LogP contribution in [0.5, 0.6) is 0 Å². The van der Waals surface area contributed by atoms with Crippen LogP contribution in [-0.2, 0) is 19.6 Å². The molecule has 5 heteroatoms. The number of rotatable bonds is 6. The van der Waals surface area contributed by atoms with E-state index in [9.17, 15) is 4.79 Å². The first-order valence-corrected chi connectivity index (χ1v) is 9.65. The van der Waals surface area contributed by atoms with Crippen LogP contribution in [0.2, 0.25) is 0 Å². The highest BCUT2D eigenvalue weighted by Gasteiger charge is 2.16. The lowest BCUT2D eigenvalue weighted by Crippen LogP contribution is -2.22. The summed E-state index contributed by atoms with van der Waals surface area (Å²) in [5.74, 6) is 0. The molecule has 0 radical (unpaired) electrons. The zero-order valence-corrected chi connectivity index (χ0v) is 16.3. The number of hydrogen-bond acceptors (Lipinski definition) is 2. The van der Waals surface area contributed by atoms with Gasteiger partial charge in [0, 0.05) is 30.4 Å². The molecule has 0 aliphatic heterocycles. The molecule has 0 spiro atoms. The van der Waals surface area contributed by atoms with Gasteiger partial charge in [-0.2, -0.15) is 5.10 Å². The Morgan fingerprint density at radius 2 is 1.68 bits per heavy atom. The first-order chi connectivity index (χ1) is 13.7. The van der Waals surface area contributed by atoms with Gasteiger partial charge >= 0.3 is 5.69 Å². The zero-order valence-electron chi connectivity index (χ0n) is 16.3. The fourth-order valence-electron chi connectivity index (χ4n) is 3.77. The summed E-state index contributed by atoms with van der Waals surface area (Å²) in [4.78, 5) is 12.7. The van der Waals surface area contributed by atoms with Crippen molar-refractivity contribution in [3.63, 3.8) is 0 Å². The van der Waals surface area contributed by atoms with E-state index in [1.807, 2.05) is 58.0 Å². The molecule has 28 heavy (non-hydrogen) atoms. The molecule has 4 aromatic rings. The SMILES string of the molecule is C=CCn1cc(-c2ccc3c(c2)n(CC)c(=O)n3CC)c(-c2ccccc2)n1. The molecule has 0 saturated carbocycles. The van der Waals surface area contributed by atoms with Crippen LogP contribution in [0.25, 0.3) is 33.4 Å². The third-order valence-corrected chi connectivity index (χ3v) is 5.09. The molecule has 4 rings (SSSR count). The molecule has 0 N–H and O–H groups in total. The van der Waals surface area contributed by atoms with Crippen LogP contribution in [0, 0.1) is 0 Å². The molecule has 2 aromatic heterocycles. The minimum atomic E-state index is 0.0442. The zero-order chi connectivity index (χ0) is 19.7. The van der Waals surface area contributed by atoms with E-state index in [0.717, 1.165) is 33.4 Å². The molecular weight excluding hydrogens is 348 g/mol. The summed E-state index contributed by atoms with van der Waals surface area (Å²) in [7, 11) is 0. The summed E-state index contributed by atoms with van der Waals surface area (Å²) in [6.07, 6.45) is 3.89. The third kappa shape index (κ3) is 2.89. The smallest absolute Gasteiger partial charge is 0.292 e. The number of aromatic nitrogens is 4. The summed E-state index contributed by atoms with van der Waals surface area (Å²) in [6, 6.07) is 16.4. The van der Waals surface area contributed by atoms with E-state index >= 15 is 0 Å². The highest BCUT2D eigenvalue weighted by atomic mass is 16.1. The van der Waals surface area contributed by atoms with Crippen LogP contribution >= 0.6 is 0 Å². The van der Waals surface area contributed by atoms with Crippen LogP contribution < -0.4 is 5.69 Å². The van der Waals surface area contributed by atoms with Gasteiger partial charge in [0.2, 0.25) is 0 Å². The van der Waals surface area contributed by atoms with E-state index < -0.39 is 0 Å². The standard InChI is InChI=1S/C23H24N4O/c1-4-14-25-16-19(22(24-25)17-10-8-7-9-11-17)18-12-13-20-21(15-18)27(6-3)23(28)26(20)5-2/h4,7-13,15-16H,1,5-6,14H2,2-3H3. The van der Waals surface area contributed by atoms with E-state index in [0.29, 0.717) is 19.6 Å². The molecule has 0 atom stereocenters. The number of imidazole rings is 1. The van der Waals surface area contributed by atoms with Crippen LogP contribution in [0.1, 0.15) is 13.8 Å². The summed E-state index contributed by atoms with van der Waals surface area (Å²) < 4.78 is 5.56. The van der Waals surface area contributed by atoms with Crippen molar-refractivity contribution in [1.29, 1.82) is 0 Å². The van der Waals surface area contributed by atoms with Gasteiger partial charge in [0.1, 0.15) is 5.69 Å². The van der Waals surface area contributed by atoms with Gasteiger partial charge in [-0.3, -0.25) is 13.8 Å². The predicted octanol–water partition coefficient (Wildman–Crippen LogP) is 4.56. The highest BCUT2D eigenvalue weighted by molar-refractivity contribution is 5.87. The fourth-order valence-corrected chi connectivity index (χ4v) is 3.77. The van der Waals surface area contributed by atoms with Crippen molar-refractivity contribution in [2.24, 2.45) is 0 Å². The van der Waals surface area contributed by atoms with Crippen LogP contribution in [0.3, 0.4) is 0 Å². The predicted molar refractivity (Wildman–Crippen MR) is 114 cm³/mol. The summed E-state index contributed by atoms with van der Waals surface area (Å²) >= 11 is 0. The van der Waals surface area contributed by atoms with Crippen molar-refractivity contribution in [2.45, 2.75) is 33.5 Å². The molecule has 0 bridgehead atoms. The Balaban J connectivity index is 1.95. The quantitative estimate of drug-likeness (QED) is 0.466. The first kappa shape index (κ1) is 18.0. The second-order valence-electron chi connectivity index (χ2n) is 6.74. The van der Waals surface area contributed by atoms with Crippen molar-refractivity contribution in [3.05, 3.63) is 77.9 Å². The number of nitrogens with zero attached hydrogens (tertiary/aromatic N) is 4. The van der Waals surface area contributed by atoms with Gasteiger partial charge in [0.05, 0.1) is 17.6 Å². The molecule has 0 fully saturated rings. The maximum Gasteiger partial charge on any atom is 0.329 e. The number of hydrogen-bond donors (Lipinski definition) is 0. The molecule has 2 heterocycles. The Hall–Kier alpha value is -3.34. The maximum atomic E-state index is 12.7. The van der Waals surface area contributed by atoms with Crippen LogP contribution in [0.4, 0.5) is 0 Å². The second kappa shape index (κ2) is 7.35. The van der Waals surface area contributed by atoms with Gasteiger partial charge in [0.25, 0.3) is 0 Å². The average Bonchev–Trinajstić information content (AvgIpc) is 3.26. The van der Waals surface area contributed by atoms with Gasteiger partial charge < -0.3 is 0 Å². The average molecular weight is 372 g/mol. The summed E-state index contributed by atoms with van der Waals surface area (Å²) in [6.45, 7) is 9.78. The van der Waals surface area contributed by atoms with E-state index in [2.05, 4.69) is 37.0 Å². The number of aryl methyl sites for hydroxylation is 2. The van der Waals surface area contributed by atoms with Crippen molar-refractivity contribution >= 4 is 11.0 Å². The first-order valence-electron chi connectivity index (χ1n) is 9.65. The third-order valence-electron chi connectivity index (χ3n) is 5.09. The topological polar surface area (TPSA) is 44.8 Å². The summed E-state index contributed by atoms with van der Waals surface area (Å²) in [5, 5.41) is 4.78. The van der Waals surface area contributed by atoms with Crippen LogP contribution in [0.15, 0.2) is 72.2 Å². The minimum absolute atomic E-state index is 0.0442. The van der Waals surface area contributed by atoms with Gasteiger partial charge in [-0.25, -0.2) is 4.79 Å². The van der Waals surface area contributed by atoms with Gasteiger partial charge in [-0.15, -0.1) is 6.58 Å². The molecule has 0 aliphatic rings. The van der Waals surface area contributed by atoms with E-state index in [1.165, 1.54) is 0 Å². The maximum absolute atomic E-state index is 12.7. The molecule has 0 saturated heterocycles. The minimum Gasteiger partial charge on any atom is -0.292 e. The van der Waals surface area contributed by atoms with Gasteiger partial charge in [0.15, 0.2) is 0 Å². The number of allylic oxidation sites excluding steroid dienone is 1. The van der Waals surface area contributed by atoms with E-state index in [-0.39, 0.29) is 5.69 Å². The molecule has 0 amide bonds. The lowest BCUT2D eigenvalue weighted by molar-refractivity contribution is 0.671. The molecule has 0 unspecified atom stereocenters. The number of fused-ring (bicyclic) bond motifs is 1. The monoisotopic (exact) mass is 372 g/mol. The van der Waals surface area contributed by atoms with Crippen molar-refractivity contribution in [2.75, 3.05) is 0 Å². The Labute approximate surface area is 164 Å². The van der Waals surface area contributed by atoms with E-state index in [1.54, 1.807) is 0 Å². The van der Waals surface area contributed by atoms with Crippen molar-refractivity contribution in [3.8, 4) is 22.4 Å². The van der Waals surface area contributed by atoms with Gasteiger partial charge in [-0.1, -0.05) is 42.5 Å².